The Balaban J connectivity index is 1.97. The van der Waals surface area contributed by atoms with E-state index in [1.807, 2.05) is 12.1 Å². The number of nitrogens with two attached hydrogens (primary N) is 1. The molecule has 0 heterocycles. The Bertz CT molecular complexity index is 403. The lowest BCUT2D eigenvalue weighted by Gasteiger charge is -2.28. The molecule has 0 bridgehead atoms. The first-order valence-corrected chi connectivity index (χ1v) is 6.48. The molecule has 1 amide bonds. The molecule has 1 aromatic carbocycles. The van der Waals surface area contributed by atoms with Gasteiger partial charge in [0.25, 0.3) is 5.91 Å². The van der Waals surface area contributed by atoms with Crippen molar-refractivity contribution in [2.75, 3.05) is 0 Å². The SMILES string of the molecule is NCc1ccc(C(=O)NC2CCCCC2O)cc1. The minimum Gasteiger partial charge on any atom is -0.391 e. The number of nitrogens with one attached hydrogen (secondary N) is 1. The van der Waals surface area contributed by atoms with E-state index in [9.17, 15) is 9.90 Å². The maximum absolute atomic E-state index is 12.0. The molecule has 1 saturated carbocycles. The minimum atomic E-state index is -0.411. The molecule has 1 aliphatic carbocycles. The Morgan fingerprint density at radius 3 is 2.56 bits per heavy atom. The monoisotopic (exact) mass is 248 g/mol. The number of aliphatic hydroxyl groups excluding tert-OH is 1. The molecule has 2 rings (SSSR count). The van der Waals surface area contributed by atoms with Crippen molar-refractivity contribution in [1.82, 2.24) is 5.32 Å². The molecule has 18 heavy (non-hydrogen) atoms. The van der Waals surface area contributed by atoms with E-state index in [0.29, 0.717) is 12.1 Å². The summed E-state index contributed by atoms with van der Waals surface area (Å²) in [4.78, 5) is 12.0. The lowest BCUT2D eigenvalue weighted by molar-refractivity contribution is 0.0717. The van der Waals surface area contributed by atoms with Crippen molar-refractivity contribution in [3.8, 4) is 0 Å². The highest BCUT2D eigenvalue weighted by molar-refractivity contribution is 5.94. The second-order valence-corrected chi connectivity index (χ2v) is 4.83. The zero-order chi connectivity index (χ0) is 13.0. The van der Waals surface area contributed by atoms with Crippen molar-refractivity contribution >= 4 is 5.91 Å². The highest BCUT2D eigenvalue weighted by atomic mass is 16.3. The van der Waals surface area contributed by atoms with Gasteiger partial charge in [-0.25, -0.2) is 0 Å². The lowest BCUT2D eigenvalue weighted by atomic mass is 9.92. The van der Waals surface area contributed by atoms with Gasteiger partial charge in [0, 0.05) is 12.1 Å². The first-order valence-electron chi connectivity index (χ1n) is 6.48. The molecule has 4 N–H and O–H groups in total. The van der Waals surface area contributed by atoms with E-state index in [1.54, 1.807) is 12.1 Å². The van der Waals surface area contributed by atoms with Gasteiger partial charge in [-0.05, 0) is 30.5 Å². The van der Waals surface area contributed by atoms with Crippen LogP contribution in [0.2, 0.25) is 0 Å². The standard InChI is InChI=1S/C14H20N2O2/c15-9-10-5-7-11(8-6-10)14(18)16-12-3-1-2-4-13(12)17/h5-8,12-13,17H,1-4,9,15H2,(H,16,18). The molecule has 2 unspecified atom stereocenters. The van der Waals surface area contributed by atoms with Crippen LogP contribution in [0, 0.1) is 0 Å². The van der Waals surface area contributed by atoms with Gasteiger partial charge in [0.05, 0.1) is 12.1 Å². The van der Waals surface area contributed by atoms with Crippen molar-refractivity contribution in [3.63, 3.8) is 0 Å². The highest BCUT2D eigenvalue weighted by Crippen LogP contribution is 2.18. The van der Waals surface area contributed by atoms with Gasteiger partial charge in [-0.2, -0.15) is 0 Å². The number of hydrogen-bond donors (Lipinski definition) is 3. The fraction of sp³-hybridized carbons (Fsp3) is 0.500. The zero-order valence-electron chi connectivity index (χ0n) is 10.4. The van der Waals surface area contributed by atoms with Crippen LogP contribution in [0.3, 0.4) is 0 Å². The lowest BCUT2D eigenvalue weighted by Crippen LogP contribution is -2.45. The summed E-state index contributed by atoms with van der Waals surface area (Å²) in [6, 6.07) is 7.14. The van der Waals surface area contributed by atoms with Crippen LogP contribution in [0.5, 0.6) is 0 Å². The molecule has 0 aliphatic heterocycles. The number of amides is 1. The number of benzene rings is 1. The Morgan fingerprint density at radius 2 is 1.94 bits per heavy atom. The molecule has 98 valence electrons. The molecule has 0 saturated heterocycles. The van der Waals surface area contributed by atoms with Crippen LogP contribution in [-0.2, 0) is 6.54 Å². The predicted molar refractivity (Wildman–Crippen MR) is 70.1 cm³/mol. The Morgan fingerprint density at radius 1 is 1.28 bits per heavy atom. The topological polar surface area (TPSA) is 75.4 Å². The maximum Gasteiger partial charge on any atom is 0.251 e. The average Bonchev–Trinajstić information content (AvgIpc) is 2.41. The summed E-state index contributed by atoms with van der Waals surface area (Å²) in [5, 5.41) is 12.7. The third-order valence-electron chi connectivity index (χ3n) is 3.50. The van der Waals surface area contributed by atoms with Gasteiger partial charge in [-0.15, -0.1) is 0 Å². The van der Waals surface area contributed by atoms with Crippen LogP contribution < -0.4 is 11.1 Å². The summed E-state index contributed by atoms with van der Waals surface area (Å²) in [6.07, 6.45) is 3.32. The quantitative estimate of drug-likeness (QED) is 0.752. The summed E-state index contributed by atoms with van der Waals surface area (Å²) >= 11 is 0. The minimum absolute atomic E-state index is 0.111. The first kappa shape index (κ1) is 13.1. The zero-order valence-corrected chi connectivity index (χ0v) is 10.4. The van der Waals surface area contributed by atoms with Gasteiger partial charge in [-0.1, -0.05) is 25.0 Å². The Labute approximate surface area is 107 Å². The molecule has 1 aliphatic rings. The van der Waals surface area contributed by atoms with E-state index in [-0.39, 0.29) is 11.9 Å². The summed E-state index contributed by atoms with van der Waals surface area (Å²) in [6.45, 7) is 0.475. The molecular formula is C14H20N2O2. The summed E-state index contributed by atoms with van der Waals surface area (Å²) < 4.78 is 0. The van der Waals surface area contributed by atoms with Gasteiger partial charge in [0.2, 0.25) is 0 Å². The van der Waals surface area contributed by atoms with Gasteiger partial charge < -0.3 is 16.2 Å². The van der Waals surface area contributed by atoms with E-state index in [4.69, 9.17) is 5.73 Å². The molecule has 4 nitrogen and oxygen atoms in total. The van der Waals surface area contributed by atoms with Gasteiger partial charge >= 0.3 is 0 Å². The van der Waals surface area contributed by atoms with Crippen molar-refractivity contribution in [2.24, 2.45) is 5.73 Å². The van der Waals surface area contributed by atoms with Crippen LogP contribution in [-0.4, -0.2) is 23.2 Å². The van der Waals surface area contributed by atoms with Crippen LogP contribution in [0.4, 0.5) is 0 Å². The maximum atomic E-state index is 12.0. The van der Waals surface area contributed by atoms with Gasteiger partial charge in [0.1, 0.15) is 0 Å². The molecule has 4 heteroatoms. The Kier molecular flexibility index (Phi) is 4.33. The highest BCUT2D eigenvalue weighted by Gasteiger charge is 2.24. The van der Waals surface area contributed by atoms with Crippen LogP contribution in [0.1, 0.15) is 41.6 Å². The summed E-state index contributed by atoms with van der Waals surface area (Å²) in [5.41, 5.74) is 7.13. The number of aliphatic hydroxyl groups is 1. The smallest absolute Gasteiger partial charge is 0.251 e. The van der Waals surface area contributed by atoms with Crippen LogP contribution in [0.25, 0.3) is 0 Å². The largest absolute Gasteiger partial charge is 0.391 e. The van der Waals surface area contributed by atoms with Gasteiger partial charge in [0.15, 0.2) is 0 Å². The number of rotatable bonds is 3. The number of hydrogen-bond acceptors (Lipinski definition) is 3. The average molecular weight is 248 g/mol. The van der Waals surface area contributed by atoms with E-state index in [2.05, 4.69) is 5.32 Å². The third-order valence-corrected chi connectivity index (χ3v) is 3.50. The third kappa shape index (κ3) is 3.09. The van der Waals surface area contributed by atoms with Crippen molar-refractivity contribution in [1.29, 1.82) is 0 Å². The van der Waals surface area contributed by atoms with E-state index in [0.717, 1.165) is 31.2 Å². The molecule has 1 fully saturated rings. The normalized spacial score (nSPS) is 23.7. The molecule has 0 aromatic heterocycles. The molecule has 2 atom stereocenters. The molecule has 1 aromatic rings. The fourth-order valence-electron chi connectivity index (χ4n) is 2.32. The molecule has 0 radical (unpaired) electrons. The number of carbonyl (C=O) groups excluding carboxylic acids is 1. The fourth-order valence-corrected chi connectivity index (χ4v) is 2.32. The predicted octanol–water partition coefficient (Wildman–Crippen LogP) is 1.18. The van der Waals surface area contributed by atoms with E-state index < -0.39 is 6.10 Å². The van der Waals surface area contributed by atoms with Gasteiger partial charge in [-0.3, -0.25) is 4.79 Å². The summed E-state index contributed by atoms with van der Waals surface area (Å²) in [7, 11) is 0. The first-order chi connectivity index (χ1) is 8.70. The Hall–Kier alpha value is -1.39. The summed E-state index contributed by atoms with van der Waals surface area (Å²) in [5.74, 6) is -0.121. The van der Waals surface area contributed by atoms with Crippen LogP contribution >= 0.6 is 0 Å². The number of carbonyl (C=O) groups is 1. The molecule has 0 spiro atoms. The van der Waals surface area contributed by atoms with Crippen molar-refractivity contribution < 1.29 is 9.90 Å². The van der Waals surface area contributed by atoms with E-state index >= 15 is 0 Å². The molecular weight excluding hydrogens is 228 g/mol. The second kappa shape index (κ2) is 5.98. The second-order valence-electron chi connectivity index (χ2n) is 4.83. The van der Waals surface area contributed by atoms with E-state index in [1.165, 1.54) is 0 Å². The van der Waals surface area contributed by atoms with Crippen molar-refractivity contribution in [3.05, 3.63) is 35.4 Å². The van der Waals surface area contributed by atoms with Crippen molar-refractivity contribution in [2.45, 2.75) is 44.4 Å². The van der Waals surface area contributed by atoms with Crippen LogP contribution in [0.15, 0.2) is 24.3 Å².